The van der Waals surface area contributed by atoms with Gasteiger partial charge in [-0.2, -0.15) is 0 Å². The molecule has 0 radical (unpaired) electrons. The van der Waals surface area contributed by atoms with Crippen LogP contribution < -0.4 is 0 Å². The smallest absolute Gasteiger partial charge is 0.352 e. The molecule has 5 heteroatoms. The van der Waals surface area contributed by atoms with E-state index in [4.69, 9.17) is 16.7 Å². The molecule has 0 aromatic carbocycles. The fourth-order valence-electron chi connectivity index (χ4n) is 0.708. The SMILES string of the molecule is O=C(O)c1cccn1C(=O)Cl. The van der Waals surface area contributed by atoms with Gasteiger partial charge < -0.3 is 5.11 Å². The molecular formula is C6H4ClNO3. The number of aromatic carboxylic acids is 1. The van der Waals surface area contributed by atoms with Crippen LogP contribution in [0.1, 0.15) is 10.5 Å². The minimum atomic E-state index is -1.18. The predicted octanol–water partition coefficient (Wildman–Crippen LogP) is 1.39. The first-order chi connectivity index (χ1) is 5.13. The van der Waals surface area contributed by atoms with Crippen molar-refractivity contribution in [2.24, 2.45) is 0 Å². The summed E-state index contributed by atoms with van der Waals surface area (Å²) in [6.07, 6.45) is 1.29. The Morgan fingerprint density at radius 1 is 1.55 bits per heavy atom. The van der Waals surface area contributed by atoms with Gasteiger partial charge >= 0.3 is 11.3 Å². The summed E-state index contributed by atoms with van der Waals surface area (Å²) in [6.45, 7) is 0. The first-order valence-electron chi connectivity index (χ1n) is 2.73. The number of carboxylic acid groups (broad SMARTS) is 1. The fraction of sp³-hybridized carbons (Fsp3) is 0. The second-order valence-corrected chi connectivity index (χ2v) is 2.14. The fourth-order valence-corrected chi connectivity index (χ4v) is 0.856. The molecule has 0 saturated heterocycles. The molecule has 0 saturated carbocycles. The Balaban J connectivity index is 3.16. The van der Waals surface area contributed by atoms with Crippen LogP contribution >= 0.6 is 11.6 Å². The molecule has 0 unspecified atom stereocenters. The Labute approximate surface area is 67.0 Å². The van der Waals surface area contributed by atoms with Gasteiger partial charge in [0.2, 0.25) is 0 Å². The van der Waals surface area contributed by atoms with Gasteiger partial charge in [0.15, 0.2) is 0 Å². The van der Waals surface area contributed by atoms with E-state index in [9.17, 15) is 9.59 Å². The average molecular weight is 174 g/mol. The molecule has 11 heavy (non-hydrogen) atoms. The number of carbonyl (C=O) groups is 2. The Morgan fingerprint density at radius 3 is 2.55 bits per heavy atom. The summed E-state index contributed by atoms with van der Waals surface area (Å²) in [7, 11) is 0. The number of aromatic nitrogens is 1. The third-order valence-corrected chi connectivity index (χ3v) is 1.34. The van der Waals surface area contributed by atoms with E-state index >= 15 is 0 Å². The number of carbonyl (C=O) groups excluding carboxylic acids is 1. The van der Waals surface area contributed by atoms with Crippen molar-refractivity contribution in [3.8, 4) is 0 Å². The van der Waals surface area contributed by atoms with Crippen LogP contribution in [0.25, 0.3) is 0 Å². The standard InChI is InChI=1S/C6H4ClNO3/c7-6(11)8-3-1-2-4(8)5(9)10/h1-3H,(H,9,10). The summed E-state index contributed by atoms with van der Waals surface area (Å²) < 4.78 is 0.851. The molecule has 0 aliphatic heterocycles. The molecule has 58 valence electrons. The highest BCUT2D eigenvalue weighted by molar-refractivity contribution is 6.63. The monoisotopic (exact) mass is 173 g/mol. The van der Waals surface area contributed by atoms with Crippen molar-refractivity contribution in [1.82, 2.24) is 4.57 Å². The van der Waals surface area contributed by atoms with Gasteiger partial charge in [0, 0.05) is 6.20 Å². The molecule has 0 aliphatic rings. The Hall–Kier alpha value is -1.29. The van der Waals surface area contributed by atoms with E-state index in [0.29, 0.717) is 0 Å². The number of hydrogen-bond acceptors (Lipinski definition) is 2. The lowest BCUT2D eigenvalue weighted by Gasteiger charge is -1.95. The Bertz CT molecular complexity index is 276. The van der Waals surface area contributed by atoms with Crippen molar-refractivity contribution < 1.29 is 14.7 Å². The van der Waals surface area contributed by atoms with E-state index in [1.54, 1.807) is 0 Å². The van der Waals surface area contributed by atoms with E-state index < -0.39 is 11.3 Å². The highest BCUT2D eigenvalue weighted by atomic mass is 35.5. The largest absolute Gasteiger partial charge is 0.477 e. The van der Waals surface area contributed by atoms with Crippen molar-refractivity contribution in [3.63, 3.8) is 0 Å². The molecule has 0 fully saturated rings. The van der Waals surface area contributed by atoms with Crippen LogP contribution in [0.3, 0.4) is 0 Å². The van der Waals surface area contributed by atoms with Gasteiger partial charge in [0.1, 0.15) is 5.69 Å². The average Bonchev–Trinajstić information content (AvgIpc) is 2.32. The first-order valence-corrected chi connectivity index (χ1v) is 3.11. The number of rotatable bonds is 1. The molecule has 4 nitrogen and oxygen atoms in total. The molecule has 0 atom stereocenters. The van der Waals surface area contributed by atoms with Crippen LogP contribution in [-0.2, 0) is 0 Å². The van der Waals surface area contributed by atoms with Crippen molar-refractivity contribution >= 4 is 22.9 Å². The van der Waals surface area contributed by atoms with Gasteiger partial charge in [0.05, 0.1) is 0 Å². The molecular weight excluding hydrogens is 170 g/mol. The van der Waals surface area contributed by atoms with E-state index in [2.05, 4.69) is 0 Å². The maximum atomic E-state index is 10.5. The van der Waals surface area contributed by atoms with Gasteiger partial charge in [-0.25, -0.2) is 4.79 Å². The predicted molar refractivity (Wildman–Crippen MR) is 38.0 cm³/mol. The van der Waals surface area contributed by atoms with Crippen LogP contribution in [0.2, 0.25) is 0 Å². The second-order valence-electron chi connectivity index (χ2n) is 1.82. The number of halogens is 1. The maximum Gasteiger partial charge on any atom is 0.352 e. The molecule has 1 N–H and O–H groups in total. The summed E-state index contributed by atoms with van der Waals surface area (Å²) >= 11 is 5.05. The highest BCUT2D eigenvalue weighted by Gasteiger charge is 2.11. The third kappa shape index (κ3) is 1.40. The van der Waals surface area contributed by atoms with Crippen LogP contribution in [0, 0.1) is 0 Å². The van der Waals surface area contributed by atoms with Gasteiger partial charge in [-0.1, -0.05) is 0 Å². The lowest BCUT2D eigenvalue weighted by atomic mass is 10.4. The van der Waals surface area contributed by atoms with E-state index in [1.807, 2.05) is 0 Å². The Morgan fingerprint density at radius 2 is 2.18 bits per heavy atom. The first kappa shape index (κ1) is 7.81. The molecule has 1 heterocycles. The zero-order valence-electron chi connectivity index (χ0n) is 5.32. The molecule has 0 amide bonds. The van der Waals surface area contributed by atoms with Crippen molar-refractivity contribution in [1.29, 1.82) is 0 Å². The van der Waals surface area contributed by atoms with E-state index in [-0.39, 0.29) is 5.69 Å². The normalized spacial score (nSPS) is 9.55. The maximum absolute atomic E-state index is 10.5. The van der Waals surface area contributed by atoms with Crippen molar-refractivity contribution in [3.05, 3.63) is 24.0 Å². The van der Waals surface area contributed by atoms with Gasteiger partial charge in [0.25, 0.3) is 0 Å². The van der Waals surface area contributed by atoms with Crippen LogP contribution in [0.5, 0.6) is 0 Å². The number of nitrogens with zero attached hydrogens (tertiary/aromatic N) is 1. The van der Waals surface area contributed by atoms with Gasteiger partial charge in [-0.15, -0.1) is 0 Å². The summed E-state index contributed by atoms with van der Waals surface area (Å²) in [4.78, 5) is 20.9. The quantitative estimate of drug-likeness (QED) is 0.653. The van der Waals surface area contributed by atoms with Crippen molar-refractivity contribution in [2.45, 2.75) is 0 Å². The molecule has 0 spiro atoms. The highest BCUT2D eigenvalue weighted by Crippen LogP contribution is 2.03. The summed E-state index contributed by atoms with van der Waals surface area (Å²) in [5, 5.41) is 7.65. The number of hydrogen-bond donors (Lipinski definition) is 1. The molecule has 1 aromatic rings. The van der Waals surface area contributed by atoms with Crippen LogP contribution in [0.15, 0.2) is 18.3 Å². The van der Waals surface area contributed by atoms with Crippen LogP contribution in [0.4, 0.5) is 4.79 Å². The minimum absolute atomic E-state index is 0.134. The van der Waals surface area contributed by atoms with Crippen LogP contribution in [-0.4, -0.2) is 21.0 Å². The van der Waals surface area contributed by atoms with Crippen molar-refractivity contribution in [2.75, 3.05) is 0 Å². The Kier molecular flexibility index (Phi) is 1.96. The number of carboxylic acids is 1. The third-order valence-electron chi connectivity index (χ3n) is 1.16. The molecule has 0 aliphatic carbocycles. The lowest BCUT2D eigenvalue weighted by Crippen LogP contribution is -2.10. The zero-order valence-corrected chi connectivity index (χ0v) is 6.08. The van der Waals surface area contributed by atoms with Gasteiger partial charge in [-0.3, -0.25) is 9.36 Å². The minimum Gasteiger partial charge on any atom is -0.477 e. The molecule has 0 bridgehead atoms. The summed E-state index contributed by atoms with van der Waals surface area (Å²) in [5.41, 5.74) is -0.134. The van der Waals surface area contributed by atoms with Gasteiger partial charge in [-0.05, 0) is 23.7 Å². The molecule has 1 rings (SSSR count). The lowest BCUT2D eigenvalue weighted by molar-refractivity contribution is 0.0687. The topological polar surface area (TPSA) is 59.3 Å². The summed E-state index contributed by atoms with van der Waals surface area (Å²) in [5.74, 6) is -1.18. The van der Waals surface area contributed by atoms with E-state index in [0.717, 1.165) is 4.57 Å². The molecule has 1 aromatic heterocycles. The summed E-state index contributed by atoms with van der Waals surface area (Å²) in [6, 6.07) is 2.73. The van der Waals surface area contributed by atoms with E-state index in [1.165, 1.54) is 18.3 Å². The zero-order chi connectivity index (χ0) is 8.43. The second kappa shape index (κ2) is 2.75.